The van der Waals surface area contributed by atoms with E-state index in [1.54, 1.807) is 11.3 Å². The van der Waals surface area contributed by atoms with Crippen LogP contribution in [-0.4, -0.2) is 37.3 Å². The normalized spacial score (nSPS) is 15.8. The number of anilines is 2. The number of aromatic nitrogens is 4. The molecule has 0 aromatic carbocycles. The minimum atomic E-state index is 0.477. The van der Waals surface area contributed by atoms with Crippen LogP contribution in [0.15, 0.2) is 55.2 Å². The summed E-state index contributed by atoms with van der Waals surface area (Å²) in [6, 6.07) is 8.32. The van der Waals surface area contributed by atoms with Gasteiger partial charge in [0.25, 0.3) is 0 Å². The van der Waals surface area contributed by atoms with Crippen molar-refractivity contribution in [1.29, 1.82) is 0 Å². The van der Waals surface area contributed by atoms with E-state index >= 15 is 0 Å². The second kappa shape index (κ2) is 7.93. The van der Waals surface area contributed by atoms with Crippen LogP contribution < -0.4 is 5.32 Å². The molecule has 148 valence electrons. The number of pyridine rings is 1. The van der Waals surface area contributed by atoms with Gasteiger partial charge >= 0.3 is 0 Å². The van der Waals surface area contributed by atoms with Crippen LogP contribution in [0.25, 0.3) is 5.52 Å². The van der Waals surface area contributed by atoms with E-state index in [1.165, 1.54) is 10.4 Å². The quantitative estimate of drug-likeness (QED) is 0.526. The Labute approximate surface area is 174 Å². The van der Waals surface area contributed by atoms with E-state index in [0.29, 0.717) is 5.92 Å². The third kappa shape index (κ3) is 4.02. The van der Waals surface area contributed by atoms with Gasteiger partial charge in [0.15, 0.2) is 10.9 Å². The second-order valence-corrected chi connectivity index (χ2v) is 8.86. The van der Waals surface area contributed by atoms with Gasteiger partial charge in [-0.2, -0.15) is 0 Å². The zero-order valence-electron chi connectivity index (χ0n) is 16.5. The molecule has 0 amide bonds. The van der Waals surface area contributed by atoms with E-state index in [2.05, 4.69) is 62.1 Å². The highest BCUT2D eigenvalue weighted by atomic mass is 32.1. The molecular weight excluding hydrogens is 380 g/mol. The predicted molar refractivity (Wildman–Crippen MR) is 117 cm³/mol. The molecule has 1 N–H and O–H groups in total. The molecule has 6 nitrogen and oxygen atoms in total. The van der Waals surface area contributed by atoms with Crippen LogP contribution in [0.3, 0.4) is 0 Å². The minimum absolute atomic E-state index is 0.477. The molecule has 1 aliphatic rings. The van der Waals surface area contributed by atoms with Crippen LogP contribution in [-0.2, 0) is 6.54 Å². The zero-order valence-corrected chi connectivity index (χ0v) is 17.3. The number of aryl methyl sites for hydroxylation is 1. The summed E-state index contributed by atoms with van der Waals surface area (Å²) >= 11 is 1.65. The number of thiazole rings is 1. The first kappa shape index (κ1) is 18.3. The van der Waals surface area contributed by atoms with E-state index in [1.807, 2.05) is 24.7 Å². The molecule has 0 unspecified atom stereocenters. The molecule has 0 spiro atoms. The summed E-state index contributed by atoms with van der Waals surface area (Å²) in [6.45, 7) is 5.21. The van der Waals surface area contributed by atoms with Gasteiger partial charge in [-0.25, -0.2) is 9.97 Å². The Balaban J connectivity index is 1.33. The Kier molecular flexibility index (Phi) is 4.99. The van der Waals surface area contributed by atoms with E-state index in [9.17, 15) is 0 Å². The summed E-state index contributed by atoms with van der Waals surface area (Å²) in [7, 11) is 0. The number of likely N-dealkylation sites (tertiary alicyclic amines) is 1. The summed E-state index contributed by atoms with van der Waals surface area (Å²) in [5.74, 6) is 1.37. The third-order valence-electron chi connectivity index (χ3n) is 5.52. The van der Waals surface area contributed by atoms with Gasteiger partial charge in [-0.15, -0.1) is 11.3 Å². The number of hydrogen-bond acceptors (Lipinski definition) is 6. The largest absolute Gasteiger partial charge is 0.319 e. The SMILES string of the molecule is Cc1cnc(Nc2nc(C3CCN(Cc4cccnc4)CC3)cn3cccc23)s1. The molecule has 0 saturated carbocycles. The van der Waals surface area contributed by atoms with E-state index in [-0.39, 0.29) is 0 Å². The number of hydrogen-bond donors (Lipinski definition) is 1. The maximum Gasteiger partial charge on any atom is 0.188 e. The molecule has 0 atom stereocenters. The van der Waals surface area contributed by atoms with Crippen molar-refractivity contribution in [2.24, 2.45) is 0 Å². The maximum atomic E-state index is 5.02. The lowest BCUT2D eigenvalue weighted by Gasteiger charge is -2.31. The minimum Gasteiger partial charge on any atom is -0.319 e. The molecular formula is C22H24N6S. The lowest BCUT2D eigenvalue weighted by Crippen LogP contribution is -2.32. The smallest absolute Gasteiger partial charge is 0.188 e. The van der Waals surface area contributed by atoms with Crippen molar-refractivity contribution in [3.05, 3.63) is 71.4 Å². The first-order valence-electron chi connectivity index (χ1n) is 10.0. The van der Waals surface area contributed by atoms with Gasteiger partial charge in [-0.05, 0) is 56.6 Å². The lowest BCUT2D eigenvalue weighted by molar-refractivity contribution is 0.203. The topological polar surface area (TPSA) is 58.4 Å². The highest BCUT2D eigenvalue weighted by Gasteiger charge is 2.23. The Morgan fingerprint density at radius 3 is 2.83 bits per heavy atom. The zero-order chi connectivity index (χ0) is 19.6. The molecule has 5 heterocycles. The molecule has 0 bridgehead atoms. The van der Waals surface area contributed by atoms with Crippen molar-refractivity contribution in [2.75, 3.05) is 18.4 Å². The van der Waals surface area contributed by atoms with Crippen molar-refractivity contribution in [3.8, 4) is 0 Å². The lowest BCUT2D eigenvalue weighted by atomic mass is 9.93. The van der Waals surface area contributed by atoms with Crippen molar-refractivity contribution in [1.82, 2.24) is 24.3 Å². The molecule has 0 aliphatic carbocycles. The van der Waals surface area contributed by atoms with Crippen molar-refractivity contribution < 1.29 is 0 Å². The molecule has 29 heavy (non-hydrogen) atoms. The first-order chi connectivity index (χ1) is 14.2. The number of nitrogens with one attached hydrogen (secondary N) is 1. The van der Waals surface area contributed by atoms with Gasteiger partial charge in [0, 0.05) is 48.3 Å². The fourth-order valence-electron chi connectivity index (χ4n) is 4.00. The van der Waals surface area contributed by atoms with Crippen molar-refractivity contribution >= 4 is 27.8 Å². The molecule has 7 heteroatoms. The van der Waals surface area contributed by atoms with Crippen LogP contribution in [0.5, 0.6) is 0 Å². The standard InChI is InChI=1S/C22H24N6S/c1-16-12-24-22(29-16)26-21-20-5-3-9-28(20)15-19(25-21)18-6-10-27(11-7-18)14-17-4-2-8-23-13-17/h2-5,8-9,12-13,15,18H,6-7,10-11,14H2,1H3,(H,24,25,26). The summed E-state index contributed by atoms with van der Waals surface area (Å²) in [4.78, 5) is 17.4. The summed E-state index contributed by atoms with van der Waals surface area (Å²) in [6.07, 6.45) is 12.2. The number of nitrogens with zero attached hydrogens (tertiary/aromatic N) is 5. The summed E-state index contributed by atoms with van der Waals surface area (Å²) in [5.41, 5.74) is 3.52. The van der Waals surface area contributed by atoms with Gasteiger partial charge in [-0.1, -0.05) is 6.07 Å². The van der Waals surface area contributed by atoms with Crippen molar-refractivity contribution in [2.45, 2.75) is 32.2 Å². The Bertz CT molecular complexity index is 1090. The molecule has 1 saturated heterocycles. The number of rotatable bonds is 5. The van der Waals surface area contributed by atoms with Gasteiger partial charge in [0.1, 0.15) is 0 Å². The van der Waals surface area contributed by atoms with Crippen LogP contribution in [0.4, 0.5) is 10.9 Å². The second-order valence-electron chi connectivity index (χ2n) is 7.63. The molecule has 0 radical (unpaired) electrons. The monoisotopic (exact) mass is 404 g/mol. The highest BCUT2D eigenvalue weighted by Crippen LogP contribution is 2.31. The average molecular weight is 405 g/mol. The molecule has 4 aromatic rings. The average Bonchev–Trinajstić information content (AvgIpc) is 3.38. The fourth-order valence-corrected chi connectivity index (χ4v) is 4.67. The number of piperidine rings is 1. The predicted octanol–water partition coefficient (Wildman–Crippen LogP) is 4.62. The fraction of sp³-hybridized carbons (Fsp3) is 0.318. The maximum absolute atomic E-state index is 5.02. The van der Waals surface area contributed by atoms with Gasteiger partial charge in [0.05, 0.1) is 11.2 Å². The van der Waals surface area contributed by atoms with E-state index in [4.69, 9.17) is 4.98 Å². The van der Waals surface area contributed by atoms with E-state index in [0.717, 1.165) is 54.6 Å². The van der Waals surface area contributed by atoms with Crippen LogP contribution in [0.1, 0.15) is 34.9 Å². The van der Waals surface area contributed by atoms with E-state index < -0.39 is 0 Å². The molecule has 4 aromatic heterocycles. The molecule has 1 aliphatic heterocycles. The third-order valence-corrected chi connectivity index (χ3v) is 6.34. The Morgan fingerprint density at radius 2 is 2.07 bits per heavy atom. The van der Waals surface area contributed by atoms with Gasteiger partial charge < -0.3 is 9.72 Å². The summed E-state index contributed by atoms with van der Waals surface area (Å²) < 4.78 is 2.17. The number of fused-ring (bicyclic) bond motifs is 1. The molecule has 1 fully saturated rings. The van der Waals surface area contributed by atoms with Crippen LogP contribution >= 0.6 is 11.3 Å². The Morgan fingerprint density at radius 1 is 1.17 bits per heavy atom. The Hall–Kier alpha value is -2.77. The van der Waals surface area contributed by atoms with Crippen molar-refractivity contribution in [3.63, 3.8) is 0 Å². The van der Waals surface area contributed by atoms with Gasteiger partial charge in [0.2, 0.25) is 0 Å². The van der Waals surface area contributed by atoms with Crippen LogP contribution in [0, 0.1) is 6.92 Å². The molecule has 5 rings (SSSR count). The first-order valence-corrected chi connectivity index (χ1v) is 10.8. The van der Waals surface area contributed by atoms with Crippen LogP contribution in [0.2, 0.25) is 0 Å². The summed E-state index contributed by atoms with van der Waals surface area (Å²) in [5, 5.41) is 4.32. The van der Waals surface area contributed by atoms with Gasteiger partial charge in [-0.3, -0.25) is 9.88 Å². The highest BCUT2D eigenvalue weighted by molar-refractivity contribution is 7.15.